The van der Waals surface area contributed by atoms with Crippen molar-refractivity contribution in [1.29, 1.82) is 0 Å². The van der Waals surface area contributed by atoms with Crippen molar-refractivity contribution in [1.82, 2.24) is 0 Å². The Morgan fingerprint density at radius 1 is 0.600 bits per heavy atom. The number of hydrogen-bond acceptors (Lipinski definition) is 2. The summed E-state index contributed by atoms with van der Waals surface area (Å²) in [4.78, 5) is 0. The second-order valence-electron chi connectivity index (χ2n) is 6.07. The third-order valence-corrected chi connectivity index (χ3v) is 6.44. The van der Waals surface area contributed by atoms with Crippen molar-refractivity contribution in [2.45, 2.75) is 11.2 Å². The van der Waals surface area contributed by atoms with Crippen molar-refractivity contribution in [2.75, 3.05) is 13.2 Å². The molecule has 0 N–H and O–H groups in total. The molecule has 0 aromatic heterocycles. The zero-order valence-corrected chi connectivity index (χ0v) is 15.0. The molecule has 1 aliphatic rings. The number of rotatable bonds is 5. The van der Waals surface area contributed by atoms with Crippen LogP contribution in [-0.4, -0.2) is 19.2 Å². The predicted octanol–water partition coefficient (Wildman–Crippen LogP) is 4.99. The van der Waals surface area contributed by atoms with Gasteiger partial charge in [-0.2, -0.15) is 0 Å². The summed E-state index contributed by atoms with van der Waals surface area (Å²) in [7, 11) is 0.435. The molecular weight excluding hydrogens is 327 g/mol. The standard InChI is InChI=1S/C22H21O2P/c1-4-10-18(11-5-1)22(19-12-6-2-7-13-19,20-14-8-3-9-15-20)25-21-23-16-17-24-21/h1-15,21,25H,16-17H2. The largest absolute Gasteiger partial charge is 0.347 e. The zero-order valence-electron chi connectivity index (χ0n) is 14.0. The predicted molar refractivity (Wildman–Crippen MR) is 103 cm³/mol. The lowest BCUT2D eigenvalue weighted by Crippen LogP contribution is -2.27. The molecule has 1 heterocycles. The van der Waals surface area contributed by atoms with Crippen LogP contribution in [0.1, 0.15) is 16.7 Å². The molecule has 1 aliphatic heterocycles. The first-order valence-electron chi connectivity index (χ1n) is 8.57. The lowest BCUT2D eigenvalue weighted by molar-refractivity contribution is 0.0303. The molecule has 1 fully saturated rings. The summed E-state index contributed by atoms with van der Waals surface area (Å²) in [6.45, 7) is 1.35. The molecule has 0 spiro atoms. The van der Waals surface area contributed by atoms with Gasteiger partial charge in [0.25, 0.3) is 0 Å². The fourth-order valence-corrected chi connectivity index (χ4v) is 5.19. The van der Waals surface area contributed by atoms with Crippen LogP contribution in [0, 0.1) is 0 Å². The summed E-state index contributed by atoms with van der Waals surface area (Å²) in [5.74, 6) is 0. The first-order valence-corrected chi connectivity index (χ1v) is 9.65. The Kier molecular flexibility index (Phi) is 4.94. The SMILES string of the molecule is c1ccc(C(PC2OCCO2)(c2ccccc2)c2ccccc2)cc1. The Morgan fingerprint density at radius 2 is 0.960 bits per heavy atom. The maximum atomic E-state index is 5.86. The summed E-state index contributed by atoms with van der Waals surface area (Å²) < 4.78 is 11.7. The Hall–Kier alpha value is -1.99. The summed E-state index contributed by atoms with van der Waals surface area (Å²) in [6.07, 6.45) is 0. The van der Waals surface area contributed by atoms with Gasteiger partial charge in [-0.15, -0.1) is 0 Å². The van der Waals surface area contributed by atoms with E-state index < -0.39 is 0 Å². The van der Waals surface area contributed by atoms with E-state index in [1.165, 1.54) is 16.7 Å². The fourth-order valence-electron chi connectivity index (χ4n) is 3.43. The maximum absolute atomic E-state index is 5.86. The molecule has 3 aromatic rings. The van der Waals surface area contributed by atoms with Crippen molar-refractivity contribution < 1.29 is 9.47 Å². The Morgan fingerprint density at radius 3 is 1.32 bits per heavy atom. The van der Waals surface area contributed by atoms with Crippen molar-refractivity contribution in [2.24, 2.45) is 0 Å². The second kappa shape index (κ2) is 7.49. The van der Waals surface area contributed by atoms with E-state index in [1.54, 1.807) is 0 Å². The van der Waals surface area contributed by atoms with E-state index in [4.69, 9.17) is 9.47 Å². The molecule has 4 rings (SSSR count). The van der Waals surface area contributed by atoms with E-state index in [9.17, 15) is 0 Å². The van der Waals surface area contributed by atoms with Crippen LogP contribution >= 0.6 is 8.58 Å². The molecule has 2 nitrogen and oxygen atoms in total. The molecule has 0 aliphatic carbocycles. The number of hydrogen-bond donors (Lipinski definition) is 0. The molecule has 126 valence electrons. The van der Waals surface area contributed by atoms with E-state index >= 15 is 0 Å². The molecular formula is C22H21O2P. The zero-order chi connectivity index (χ0) is 17.0. The van der Waals surface area contributed by atoms with Gasteiger partial charge in [0.15, 0.2) is 6.03 Å². The van der Waals surface area contributed by atoms with Gasteiger partial charge >= 0.3 is 0 Å². The fraction of sp³-hybridized carbons (Fsp3) is 0.182. The molecule has 0 radical (unpaired) electrons. The van der Waals surface area contributed by atoms with Crippen LogP contribution < -0.4 is 0 Å². The van der Waals surface area contributed by atoms with Crippen LogP contribution in [0.3, 0.4) is 0 Å². The van der Waals surface area contributed by atoms with Gasteiger partial charge in [0.2, 0.25) is 0 Å². The minimum Gasteiger partial charge on any atom is -0.347 e. The van der Waals surface area contributed by atoms with E-state index in [0.717, 1.165) is 0 Å². The van der Waals surface area contributed by atoms with E-state index in [2.05, 4.69) is 91.0 Å². The van der Waals surface area contributed by atoms with Gasteiger partial charge in [-0.25, -0.2) is 0 Å². The Bertz CT molecular complexity index is 687. The first kappa shape index (κ1) is 16.5. The summed E-state index contributed by atoms with van der Waals surface area (Å²) in [5.41, 5.74) is 3.81. The highest BCUT2D eigenvalue weighted by Crippen LogP contribution is 2.55. The van der Waals surface area contributed by atoms with Crippen LogP contribution in [0.2, 0.25) is 0 Å². The van der Waals surface area contributed by atoms with Crippen LogP contribution in [0.4, 0.5) is 0 Å². The quantitative estimate of drug-likeness (QED) is 0.478. The highest BCUT2D eigenvalue weighted by Gasteiger charge is 2.40. The number of benzene rings is 3. The van der Waals surface area contributed by atoms with Crippen LogP contribution in [0.5, 0.6) is 0 Å². The maximum Gasteiger partial charge on any atom is 0.174 e. The van der Waals surface area contributed by atoms with Gasteiger partial charge in [0.05, 0.1) is 18.4 Å². The van der Waals surface area contributed by atoms with Gasteiger partial charge in [-0.1, -0.05) is 91.0 Å². The average molecular weight is 348 g/mol. The van der Waals surface area contributed by atoms with Crippen LogP contribution in [0.25, 0.3) is 0 Å². The third-order valence-electron chi connectivity index (χ3n) is 4.58. The van der Waals surface area contributed by atoms with E-state index in [-0.39, 0.29) is 11.2 Å². The van der Waals surface area contributed by atoms with Crippen LogP contribution in [0.15, 0.2) is 91.0 Å². The van der Waals surface area contributed by atoms with Crippen molar-refractivity contribution >= 4 is 8.58 Å². The van der Waals surface area contributed by atoms with E-state index in [1.807, 2.05) is 0 Å². The molecule has 1 atom stereocenters. The highest BCUT2D eigenvalue weighted by molar-refractivity contribution is 7.40. The molecule has 1 saturated heterocycles. The average Bonchev–Trinajstić information content (AvgIpc) is 3.21. The van der Waals surface area contributed by atoms with Gasteiger partial charge in [-0.3, -0.25) is 0 Å². The normalized spacial score (nSPS) is 15.8. The molecule has 0 amide bonds. The Balaban J connectivity index is 1.93. The summed E-state index contributed by atoms with van der Waals surface area (Å²) in [6, 6.07) is 31.9. The highest BCUT2D eigenvalue weighted by atomic mass is 31.1. The van der Waals surface area contributed by atoms with Gasteiger partial charge < -0.3 is 9.47 Å². The lowest BCUT2D eigenvalue weighted by atomic mass is 9.84. The topological polar surface area (TPSA) is 18.5 Å². The third kappa shape index (κ3) is 3.26. The first-order chi connectivity index (χ1) is 12.4. The monoisotopic (exact) mass is 348 g/mol. The van der Waals surface area contributed by atoms with Crippen molar-refractivity contribution in [3.8, 4) is 0 Å². The molecule has 3 aromatic carbocycles. The summed E-state index contributed by atoms with van der Waals surface area (Å²) in [5, 5.41) is -0.279. The molecule has 1 unspecified atom stereocenters. The number of ether oxygens (including phenoxy) is 2. The van der Waals surface area contributed by atoms with Crippen molar-refractivity contribution in [3.05, 3.63) is 108 Å². The van der Waals surface area contributed by atoms with Gasteiger partial charge in [0, 0.05) is 0 Å². The molecule has 0 saturated carbocycles. The Labute approximate surface area is 150 Å². The van der Waals surface area contributed by atoms with Crippen molar-refractivity contribution in [3.63, 3.8) is 0 Å². The van der Waals surface area contributed by atoms with Gasteiger partial charge in [0.1, 0.15) is 0 Å². The van der Waals surface area contributed by atoms with E-state index in [0.29, 0.717) is 21.8 Å². The second-order valence-corrected chi connectivity index (χ2v) is 7.58. The molecule has 0 bridgehead atoms. The molecule has 3 heteroatoms. The smallest absolute Gasteiger partial charge is 0.174 e. The summed E-state index contributed by atoms with van der Waals surface area (Å²) >= 11 is 0. The minimum absolute atomic E-state index is 0.166. The van der Waals surface area contributed by atoms with Crippen LogP contribution in [-0.2, 0) is 14.6 Å². The lowest BCUT2D eigenvalue weighted by Gasteiger charge is -2.37. The molecule has 25 heavy (non-hydrogen) atoms. The van der Waals surface area contributed by atoms with Gasteiger partial charge in [-0.05, 0) is 25.3 Å². The minimum atomic E-state index is -0.279.